The molecule has 0 spiro atoms. The van der Waals surface area contributed by atoms with Gasteiger partial charge in [0, 0.05) is 30.7 Å². The smallest absolute Gasteiger partial charge is 0.260 e. The van der Waals surface area contributed by atoms with Crippen LogP contribution < -0.4 is 16.6 Å². The molecule has 1 amide bonds. The van der Waals surface area contributed by atoms with Gasteiger partial charge in [-0.2, -0.15) is 5.10 Å². The van der Waals surface area contributed by atoms with E-state index in [1.807, 2.05) is 6.92 Å². The van der Waals surface area contributed by atoms with Crippen LogP contribution in [0.4, 0.5) is 5.69 Å². The third kappa shape index (κ3) is 3.14. The molecule has 0 unspecified atom stereocenters. The van der Waals surface area contributed by atoms with Crippen LogP contribution in [0.15, 0.2) is 35.6 Å². The van der Waals surface area contributed by atoms with Gasteiger partial charge < -0.3 is 16.0 Å². The molecule has 0 aromatic carbocycles. The van der Waals surface area contributed by atoms with E-state index in [2.05, 4.69) is 30.5 Å². The van der Waals surface area contributed by atoms with Crippen LogP contribution >= 0.6 is 11.3 Å². The molecule has 5 N–H and O–H groups in total. The molecule has 4 aromatic rings. The Labute approximate surface area is 163 Å². The number of nitrogens with one attached hydrogen (secondary N) is 3. The molecule has 0 aliphatic carbocycles. The van der Waals surface area contributed by atoms with Crippen molar-refractivity contribution in [2.45, 2.75) is 13.3 Å². The van der Waals surface area contributed by atoms with E-state index in [0.29, 0.717) is 28.1 Å². The van der Waals surface area contributed by atoms with Crippen molar-refractivity contribution in [3.63, 3.8) is 0 Å². The van der Waals surface area contributed by atoms with E-state index in [0.717, 1.165) is 16.9 Å². The van der Waals surface area contributed by atoms with Gasteiger partial charge >= 0.3 is 0 Å². The third-order valence-electron chi connectivity index (χ3n) is 4.19. The number of carbonyl (C=O) groups excluding carboxylic acids is 1. The van der Waals surface area contributed by atoms with Gasteiger partial charge in [-0.1, -0.05) is 6.92 Å². The summed E-state index contributed by atoms with van der Waals surface area (Å²) in [4.78, 5) is 37.1. The Morgan fingerprint density at radius 2 is 2.14 bits per heavy atom. The van der Waals surface area contributed by atoms with Crippen molar-refractivity contribution >= 4 is 34.0 Å². The van der Waals surface area contributed by atoms with E-state index >= 15 is 0 Å². The van der Waals surface area contributed by atoms with Gasteiger partial charge in [0.15, 0.2) is 0 Å². The number of hydrogen-bond acceptors (Lipinski definition) is 7. The molecule has 28 heavy (non-hydrogen) atoms. The van der Waals surface area contributed by atoms with Crippen molar-refractivity contribution in [1.82, 2.24) is 30.5 Å². The molecule has 0 aliphatic heterocycles. The number of amides is 1. The highest BCUT2D eigenvalue weighted by Gasteiger charge is 2.18. The van der Waals surface area contributed by atoms with Gasteiger partial charge in [-0.15, -0.1) is 11.3 Å². The van der Waals surface area contributed by atoms with Crippen LogP contribution in [0.1, 0.15) is 23.7 Å². The summed E-state index contributed by atoms with van der Waals surface area (Å²) in [5.74, 6) is -0.246. The number of nitrogens with two attached hydrogens (primary N) is 1. The predicted octanol–water partition coefficient (Wildman–Crippen LogP) is 2.16. The van der Waals surface area contributed by atoms with E-state index in [9.17, 15) is 9.59 Å². The van der Waals surface area contributed by atoms with Crippen LogP contribution in [-0.4, -0.2) is 37.6 Å². The number of fused-ring (bicyclic) bond motifs is 1. The molecule has 4 aromatic heterocycles. The molecule has 4 heterocycles. The van der Waals surface area contributed by atoms with E-state index in [1.165, 1.54) is 17.5 Å². The Bertz CT molecular complexity index is 1210. The van der Waals surface area contributed by atoms with Gasteiger partial charge in [-0.05, 0) is 12.5 Å². The highest BCUT2D eigenvalue weighted by atomic mass is 32.1. The quantitative estimate of drug-likeness (QED) is 0.408. The number of aromatic amines is 2. The number of nitrogens with zero attached hydrogens (tertiary/aromatic N) is 3. The molecule has 0 saturated carbocycles. The average molecular weight is 395 g/mol. The topological polar surface area (TPSA) is 142 Å². The van der Waals surface area contributed by atoms with E-state index in [-0.39, 0.29) is 22.7 Å². The highest BCUT2D eigenvalue weighted by molar-refractivity contribution is 7.18. The average Bonchev–Trinajstić information content (AvgIpc) is 3.37. The summed E-state index contributed by atoms with van der Waals surface area (Å²) >= 11 is 1.33. The zero-order valence-electron chi connectivity index (χ0n) is 14.9. The van der Waals surface area contributed by atoms with Gasteiger partial charge in [-0.25, -0.2) is 4.98 Å². The van der Waals surface area contributed by atoms with Crippen LogP contribution in [0.2, 0.25) is 0 Å². The molecule has 9 nitrogen and oxygen atoms in total. The molecule has 0 aliphatic rings. The lowest BCUT2D eigenvalue weighted by Gasteiger charge is -2.08. The first-order valence-electron chi connectivity index (χ1n) is 8.63. The first-order chi connectivity index (χ1) is 13.6. The van der Waals surface area contributed by atoms with Crippen molar-refractivity contribution in [3.8, 4) is 21.0 Å². The number of nitrogen functional groups attached to an aromatic ring is 1. The van der Waals surface area contributed by atoms with Gasteiger partial charge in [0.1, 0.15) is 16.1 Å². The van der Waals surface area contributed by atoms with Gasteiger partial charge in [0.05, 0.1) is 27.8 Å². The fraction of sp³-hybridized carbons (Fsp3) is 0.167. The van der Waals surface area contributed by atoms with Crippen LogP contribution in [0.5, 0.6) is 0 Å². The number of carbonyl (C=O) groups is 1. The lowest BCUT2D eigenvalue weighted by atomic mass is 10.1. The van der Waals surface area contributed by atoms with Gasteiger partial charge in [0.25, 0.3) is 11.5 Å². The SMILES string of the molecule is CCCNC(=O)c1cnc2c(N)c(-c3ncc(-c4cn[nH]c4)s3)c(=O)[nH]c2c1. The monoisotopic (exact) mass is 395 g/mol. The van der Waals surface area contributed by atoms with Gasteiger partial charge in [0.2, 0.25) is 0 Å². The summed E-state index contributed by atoms with van der Waals surface area (Å²) in [5.41, 5.74) is 8.42. The maximum atomic E-state index is 12.7. The lowest BCUT2D eigenvalue weighted by Crippen LogP contribution is -2.24. The summed E-state index contributed by atoms with van der Waals surface area (Å²) in [7, 11) is 0. The minimum atomic E-state index is -0.383. The first-order valence-corrected chi connectivity index (χ1v) is 9.45. The summed E-state index contributed by atoms with van der Waals surface area (Å²) in [5, 5.41) is 9.93. The van der Waals surface area contributed by atoms with Gasteiger partial charge in [-0.3, -0.25) is 19.7 Å². The van der Waals surface area contributed by atoms with Crippen LogP contribution in [-0.2, 0) is 0 Å². The highest BCUT2D eigenvalue weighted by Crippen LogP contribution is 2.34. The number of aromatic nitrogens is 5. The molecule has 0 saturated heterocycles. The summed E-state index contributed by atoms with van der Waals surface area (Å²) in [6.45, 7) is 2.53. The van der Waals surface area contributed by atoms with Crippen LogP contribution in [0.3, 0.4) is 0 Å². The molecule has 142 valence electrons. The molecule has 0 radical (unpaired) electrons. The zero-order valence-corrected chi connectivity index (χ0v) is 15.8. The normalized spacial score (nSPS) is 11.0. The number of rotatable bonds is 5. The Kier molecular flexibility index (Phi) is 4.62. The molecular weight excluding hydrogens is 378 g/mol. The maximum Gasteiger partial charge on any atom is 0.260 e. The maximum absolute atomic E-state index is 12.7. The van der Waals surface area contributed by atoms with E-state index in [1.54, 1.807) is 24.7 Å². The van der Waals surface area contributed by atoms with Crippen molar-refractivity contribution in [2.75, 3.05) is 12.3 Å². The minimum absolute atomic E-state index is 0.229. The lowest BCUT2D eigenvalue weighted by molar-refractivity contribution is 0.0953. The van der Waals surface area contributed by atoms with E-state index in [4.69, 9.17) is 5.73 Å². The molecule has 0 atom stereocenters. The number of anilines is 1. The number of pyridine rings is 2. The van der Waals surface area contributed by atoms with Crippen molar-refractivity contribution in [3.05, 3.63) is 46.8 Å². The second-order valence-corrected chi connectivity index (χ2v) is 7.17. The van der Waals surface area contributed by atoms with Crippen LogP contribution in [0, 0.1) is 0 Å². The number of thiazole rings is 1. The van der Waals surface area contributed by atoms with Crippen molar-refractivity contribution in [1.29, 1.82) is 0 Å². The molecule has 4 rings (SSSR count). The fourth-order valence-electron chi connectivity index (χ4n) is 2.79. The Hall–Kier alpha value is -3.53. The Morgan fingerprint density at radius 1 is 1.29 bits per heavy atom. The van der Waals surface area contributed by atoms with Crippen LogP contribution in [0.25, 0.3) is 32.0 Å². The predicted molar refractivity (Wildman–Crippen MR) is 108 cm³/mol. The molecule has 10 heteroatoms. The zero-order chi connectivity index (χ0) is 19.7. The second kappa shape index (κ2) is 7.24. The summed E-state index contributed by atoms with van der Waals surface area (Å²) < 4.78 is 0. The first kappa shape index (κ1) is 17.9. The number of hydrogen-bond donors (Lipinski definition) is 4. The standard InChI is InChI=1S/C18H17N7O2S/c1-2-3-20-16(26)9-4-11-15(21-5-9)14(19)13(17(27)25-11)18-22-8-12(28-18)10-6-23-24-7-10/h4-8H,2-3H2,1H3,(H,20,26)(H,23,24)(H3,19,25,27). The number of H-pyrrole nitrogens is 2. The molecule has 0 bridgehead atoms. The Balaban J connectivity index is 1.77. The molecule has 0 fully saturated rings. The third-order valence-corrected chi connectivity index (χ3v) is 5.25. The second-order valence-electron chi connectivity index (χ2n) is 6.14. The van der Waals surface area contributed by atoms with Crippen molar-refractivity contribution in [2.24, 2.45) is 0 Å². The van der Waals surface area contributed by atoms with Crippen molar-refractivity contribution < 1.29 is 4.79 Å². The fourth-order valence-corrected chi connectivity index (χ4v) is 3.74. The Morgan fingerprint density at radius 3 is 2.89 bits per heavy atom. The molecular formula is C18H17N7O2S. The largest absolute Gasteiger partial charge is 0.396 e. The van der Waals surface area contributed by atoms with E-state index < -0.39 is 0 Å². The minimum Gasteiger partial charge on any atom is -0.396 e. The summed E-state index contributed by atoms with van der Waals surface area (Å²) in [6.07, 6.45) is 7.37. The summed E-state index contributed by atoms with van der Waals surface area (Å²) in [6, 6.07) is 1.58.